The second-order valence-corrected chi connectivity index (χ2v) is 5.79. The summed E-state index contributed by atoms with van der Waals surface area (Å²) in [5.74, 6) is -0.481. The van der Waals surface area contributed by atoms with Crippen molar-refractivity contribution in [3.8, 4) is 0 Å². The normalized spacial score (nSPS) is 17.4. The van der Waals surface area contributed by atoms with E-state index in [0.29, 0.717) is 6.54 Å². The standard InChI is InChI=1S/C14H18ClFN2O2/c1-9(10-2-3-12(16)11(15)6-10)18-13(20)17-7-14(8-19)4-5-14/h2-3,6,9,19H,4-5,7-8H2,1H3,(H2,17,18,20). The maximum atomic E-state index is 13.1. The minimum absolute atomic E-state index is 0.0359. The third-order valence-electron chi connectivity index (χ3n) is 3.71. The Morgan fingerprint density at radius 2 is 2.25 bits per heavy atom. The predicted octanol–water partition coefficient (Wildman–Crippen LogP) is 2.61. The molecule has 6 heteroatoms. The second-order valence-electron chi connectivity index (χ2n) is 5.38. The molecule has 0 heterocycles. The van der Waals surface area contributed by atoms with Crippen molar-refractivity contribution in [2.45, 2.75) is 25.8 Å². The van der Waals surface area contributed by atoms with Gasteiger partial charge in [0.15, 0.2) is 0 Å². The molecular formula is C14H18ClFN2O2. The van der Waals surface area contributed by atoms with Crippen LogP contribution in [0.5, 0.6) is 0 Å². The van der Waals surface area contributed by atoms with Gasteiger partial charge in [-0.15, -0.1) is 0 Å². The smallest absolute Gasteiger partial charge is 0.315 e. The van der Waals surface area contributed by atoms with Crippen molar-refractivity contribution in [3.05, 3.63) is 34.6 Å². The first-order valence-corrected chi connectivity index (χ1v) is 6.94. The van der Waals surface area contributed by atoms with Gasteiger partial charge in [0, 0.05) is 12.0 Å². The molecule has 0 saturated heterocycles. The van der Waals surface area contributed by atoms with E-state index < -0.39 is 5.82 Å². The van der Waals surface area contributed by atoms with E-state index in [1.54, 1.807) is 13.0 Å². The number of aliphatic hydroxyl groups is 1. The van der Waals surface area contributed by atoms with E-state index in [4.69, 9.17) is 16.7 Å². The molecule has 3 N–H and O–H groups in total. The molecule has 0 aliphatic heterocycles. The van der Waals surface area contributed by atoms with Gasteiger partial charge in [-0.1, -0.05) is 17.7 Å². The van der Waals surface area contributed by atoms with Gasteiger partial charge in [0.1, 0.15) is 5.82 Å². The molecule has 1 atom stereocenters. The highest BCUT2D eigenvalue weighted by Gasteiger charge is 2.42. The molecular weight excluding hydrogens is 283 g/mol. The molecule has 0 aromatic heterocycles. The van der Waals surface area contributed by atoms with Crippen LogP contribution in [0.1, 0.15) is 31.4 Å². The molecule has 1 aliphatic carbocycles. The Morgan fingerprint density at radius 3 is 2.80 bits per heavy atom. The fourth-order valence-corrected chi connectivity index (χ4v) is 2.14. The zero-order valence-corrected chi connectivity index (χ0v) is 12.0. The number of benzene rings is 1. The molecule has 1 unspecified atom stereocenters. The van der Waals surface area contributed by atoms with Crippen molar-refractivity contribution < 1.29 is 14.3 Å². The second kappa shape index (κ2) is 5.97. The molecule has 1 aromatic carbocycles. The molecule has 1 fully saturated rings. The Kier molecular flexibility index (Phi) is 4.50. The summed E-state index contributed by atoms with van der Waals surface area (Å²) in [4.78, 5) is 11.8. The van der Waals surface area contributed by atoms with Crippen molar-refractivity contribution in [1.29, 1.82) is 0 Å². The topological polar surface area (TPSA) is 61.4 Å². The first-order valence-electron chi connectivity index (χ1n) is 6.56. The number of amides is 2. The van der Waals surface area contributed by atoms with Gasteiger partial charge < -0.3 is 15.7 Å². The van der Waals surface area contributed by atoms with E-state index in [2.05, 4.69) is 10.6 Å². The Balaban J connectivity index is 1.85. The molecule has 20 heavy (non-hydrogen) atoms. The number of hydrogen-bond acceptors (Lipinski definition) is 2. The summed E-state index contributed by atoms with van der Waals surface area (Å²) < 4.78 is 13.1. The quantitative estimate of drug-likeness (QED) is 0.783. The first-order chi connectivity index (χ1) is 9.46. The van der Waals surface area contributed by atoms with Crippen LogP contribution in [0.15, 0.2) is 18.2 Å². The van der Waals surface area contributed by atoms with Gasteiger partial charge in [0.25, 0.3) is 0 Å². The summed E-state index contributed by atoms with van der Waals surface area (Å²) in [6.45, 7) is 2.35. The maximum Gasteiger partial charge on any atom is 0.315 e. The van der Waals surface area contributed by atoms with Crippen LogP contribution in [-0.2, 0) is 0 Å². The lowest BCUT2D eigenvalue weighted by Gasteiger charge is -2.17. The summed E-state index contributed by atoms with van der Waals surface area (Å²) in [6.07, 6.45) is 1.87. The molecule has 2 rings (SSSR count). The Bertz CT molecular complexity index is 506. The molecule has 1 saturated carbocycles. The zero-order chi connectivity index (χ0) is 14.8. The lowest BCUT2D eigenvalue weighted by molar-refractivity contribution is 0.202. The van der Waals surface area contributed by atoms with Crippen molar-refractivity contribution >= 4 is 17.6 Å². The number of halogens is 2. The van der Waals surface area contributed by atoms with Crippen LogP contribution in [0.2, 0.25) is 5.02 Å². The average Bonchev–Trinajstić information content (AvgIpc) is 3.20. The molecule has 4 nitrogen and oxygen atoms in total. The van der Waals surface area contributed by atoms with E-state index in [1.807, 2.05) is 0 Å². The van der Waals surface area contributed by atoms with Gasteiger partial charge in [0.2, 0.25) is 0 Å². The fourth-order valence-electron chi connectivity index (χ4n) is 1.95. The number of carbonyl (C=O) groups excluding carboxylic acids is 1. The highest BCUT2D eigenvalue weighted by Crippen LogP contribution is 2.44. The Morgan fingerprint density at radius 1 is 1.55 bits per heavy atom. The van der Waals surface area contributed by atoms with E-state index in [9.17, 15) is 9.18 Å². The molecule has 0 radical (unpaired) electrons. The van der Waals surface area contributed by atoms with Crippen LogP contribution in [0.3, 0.4) is 0 Å². The van der Waals surface area contributed by atoms with Gasteiger partial charge in [-0.05, 0) is 37.5 Å². The van der Waals surface area contributed by atoms with E-state index >= 15 is 0 Å². The molecule has 110 valence electrons. The Labute approximate surface area is 122 Å². The number of nitrogens with one attached hydrogen (secondary N) is 2. The lowest BCUT2D eigenvalue weighted by Crippen LogP contribution is -2.40. The SMILES string of the molecule is CC(NC(=O)NCC1(CO)CC1)c1ccc(F)c(Cl)c1. The predicted molar refractivity (Wildman–Crippen MR) is 75.1 cm³/mol. The summed E-state index contributed by atoms with van der Waals surface area (Å²) >= 11 is 5.71. The molecule has 2 amide bonds. The van der Waals surface area contributed by atoms with Crippen LogP contribution < -0.4 is 10.6 Å². The van der Waals surface area contributed by atoms with Crippen LogP contribution in [0.25, 0.3) is 0 Å². The summed E-state index contributed by atoms with van der Waals surface area (Å²) in [6, 6.07) is 3.77. The highest BCUT2D eigenvalue weighted by atomic mass is 35.5. The summed E-state index contributed by atoms with van der Waals surface area (Å²) in [7, 11) is 0. The van der Waals surface area contributed by atoms with Gasteiger partial charge in [0.05, 0.1) is 17.7 Å². The average molecular weight is 301 g/mol. The number of aliphatic hydroxyl groups excluding tert-OH is 1. The molecule has 1 aliphatic rings. The summed E-state index contributed by atoms with van der Waals surface area (Å²) in [5, 5.41) is 14.7. The van der Waals surface area contributed by atoms with Crippen molar-refractivity contribution in [1.82, 2.24) is 10.6 Å². The lowest BCUT2D eigenvalue weighted by atomic mass is 10.1. The Hall–Kier alpha value is -1.33. The van der Waals surface area contributed by atoms with Crippen molar-refractivity contribution in [2.24, 2.45) is 5.41 Å². The third-order valence-corrected chi connectivity index (χ3v) is 4.00. The number of rotatable bonds is 5. The number of urea groups is 1. The van der Waals surface area contributed by atoms with Crippen molar-refractivity contribution in [3.63, 3.8) is 0 Å². The van der Waals surface area contributed by atoms with Crippen molar-refractivity contribution in [2.75, 3.05) is 13.2 Å². The number of carbonyl (C=O) groups is 1. The van der Waals surface area contributed by atoms with E-state index in [-0.39, 0.29) is 29.1 Å². The van der Waals surface area contributed by atoms with Gasteiger partial charge in [-0.25, -0.2) is 9.18 Å². The van der Waals surface area contributed by atoms with Gasteiger partial charge >= 0.3 is 6.03 Å². The minimum atomic E-state index is -0.481. The first kappa shape index (κ1) is 15.1. The monoisotopic (exact) mass is 300 g/mol. The molecule has 0 bridgehead atoms. The van der Waals surface area contributed by atoms with E-state index in [0.717, 1.165) is 18.4 Å². The molecule has 1 aromatic rings. The van der Waals surface area contributed by atoms with Crippen LogP contribution in [0, 0.1) is 11.2 Å². The third kappa shape index (κ3) is 3.61. The largest absolute Gasteiger partial charge is 0.396 e. The zero-order valence-electron chi connectivity index (χ0n) is 11.2. The van der Waals surface area contributed by atoms with Crippen LogP contribution >= 0.6 is 11.6 Å². The summed E-state index contributed by atoms with van der Waals surface area (Å²) in [5.41, 5.74) is 0.606. The van der Waals surface area contributed by atoms with Crippen LogP contribution in [0.4, 0.5) is 9.18 Å². The maximum absolute atomic E-state index is 13.1. The highest BCUT2D eigenvalue weighted by molar-refractivity contribution is 6.30. The van der Waals surface area contributed by atoms with Crippen LogP contribution in [-0.4, -0.2) is 24.3 Å². The molecule has 0 spiro atoms. The number of hydrogen-bond donors (Lipinski definition) is 3. The van der Waals surface area contributed by atoms with Gasteiger partial charge in [-0.2, -0.15) is 0 Å². The fraction of sp³-hybridized carbons (Fsp3) is 0.500. The van der Waals surface area contributed by atoms with E-state index in [1.165, 1.54) is 12.1 Å². The van der Waals surface area contributed by atoms with Gasteiger partial charge in [-0.3, -0.25) is 0 Å². The minimum Gasteiger partial charge on any atom is -0.396 e.